The average molecular weight is 485 g/mol. The number of piperazine rings is 1. The maximum atomic E-state index is 6.14. The first-order valence-electron chi connectivity index (χ1n) is 11.7. The van der Waals surface area contributed by atoms with Gasteiger partial charge in [0.25, 0.3) is 0 Å². The zero-order valence-electron chi connectivity index (χ0n) is 19.4. The molecular weight excluding hydrogens is 460 g/mol. The Balaban J connectivity index is 1.24. The Kier molecular flexibility index (Phi) is 5.67. The first-order valence-corrected chi connectivity index (χ1v) is 12.0. The highest BCUT2D eigenvalue weighted by atomic mass is 35.5. The van der Waals surface area contributed by atoms with Gasteiger partial charge in [-0.25, -0.2) is 14.6 Å². The number of hydrogen-bond acceptors (Lipinski definition) is 6. The van der Waals surface area contributed by atoms with E-state index in [4.69, 9.17) is 16.7 Å². The fraction of sp³-hybridized carbons (Fsp3) is 0.231. The van der Waals surface area contributed by atoms with Crippen LogP contribution in [-0.4, -0.2) is 60.6 Å². The fourth-order valence-corrected chi connectivity index (χ4v) is 4.78. The van der Waals surface area contributed by atoms with Crippen molar-refractivity contribution < 1.29 is 0 Å². The molecule has 0 atom stereocenters. The van der Waals surface area contributed by atoms with Crippen molar-refractivity contribution in [2.24, 2.45) is 7.05 Å². The Morgan fingerprint density at radius 2 is 1.69 bits per heavy atom. The topological polar surface area (TPSA) is 67.9 Å². The monoisotopic (exact) mass is 484 g/mol. The van der Waals surface area contributed by atoms with Crippen molar-refractivity contribution in [2.75, 3.05) is 31.1 Å². The van der Waals surface area contributed by atoms with E-state index in [1.54, 1.807) is 11.0 Å². The van der Waals surface area contributed by atoms with Crippen molar-refractivity contribution in [1.82, 2.24) is 34.4 Å². The molecule has 1 saturated heterocycles. The molecule has 2 aromatic carbocycles. The smallest absolute Gasteiger partial charge is 0.163 e. The van der Waals surface area contributed by atoms with Gasteiger partial charge in [0.15, 0.2) is 5.65 Å². The van der Waals surface area contributed by atoms with Crippen LogP contribution in [0, 0.1) is 0 Å². The van der Waals surface area contributed by atoms with Crippen molar-refractivity contribution >= 4 is 28.5 Å². The zero-order valence-corrected chi connectivity index (χ0v) is 20.2. The van der Waals surface area contributed by atoms with Crippen LogP contribution in [0.2, 0.25) is 5.02 Å². The number of fused-ring (bicyclic) bond motifs is 1. The highest BCUT2D eigenvalue weighted by Gasteiger charge is 2.23. The predicted molar refractivity (Wildman–Crippen MR) is 138 cm³/mol. The van der Waals surface area contributed by atoms with Gasteiger partial charge in [0.2, 0.25) is 0 Å². The number of rotatable bonds is 5. The second kappa shape index (κ2) is 9.13. The molecule has 0 bridgehead atoms. The first kappa shape index (κ1) is 21.8. The van der Waals surface area contributed by atoms with Crippen molar-refractivity contribution in [3.05, 3.63) is 83.9 Å². The van der Waals surface area contributed by atoms with Gasteiger partial charge in [-0.05, 0) is 24.3 Å². The fourth-order valence-electron chi connectivity index (χ4n) is 4.65. The van der Waals surface area contributed by atoms with Gasteiger partial charge in [0.05, 0.1) is 23.0 Å². The molecule has 0 aliphatic carbocycles. The molecule has 0 spiro atoms. The van der Waals surface area contributed by atoms with E-state index in [2.05, 4.69) is 43.2 Å². The number of aromatic nitrogens is 6. The molecule has 8 nitrogen and oxygen atoms in total. The highest BCUT2D eigenvalue weighted by Crippen LogP contribution is 2.28. The molecule has 1 fully saturated rings. The number of para-hydroxylation sites is 1. The molecule has 0 unspecified atom stereocenters. The van der Waals surface area contributed by atoms with Gasteiger partial charge in [-0.2, -0.15) is 10.2 Å². The van der Waals surface area contributed by atoms with E-state index < -0.39 is 0 Å². The Bertz CT molecular complexity index is 1450. The van der Waals surface area contributed by atoms with Crippen molar-refractivity contribution in [3.8, 4) is 16.9 Å². The van der Waals surface area contributed by atoms with Crippen LogP contribution in [0.3, 0.4) is 0 Å². The molecule has 5 aromatic rings. The zero-order chi connectivity index (χ0) is 23.8. The Morgan fingerprint density at radius 3 is 2.46 bits per heavy atom. The standard InChI is InChI=1S/C26H25ClN8/c1-32-25-23(15-30-32)26(29-18-28-25)34-13-11-33(12-14-34)16-20-17-35(22-5-3-2-4-6-22)31-24(20)19-7-9-21(27)10-8-19/h2-10,15,17-18H,11-14,16H2,1H3. The quantitative estimate of drug-likeness (QED) is 0.372. The normalized spacial score (nSPS) is 14.6. The van der Waals surface area contributed by atoms with Crippen LogP contribution in [0.4, 0.5) is 5.82 Å². The third kappa shape index (κ3) is 4.26. The van der Waals surface area contributed by atoms with E-state index >= 15 is 0 Å². The van der Waals surface area contributed by atoms with E-state index in [9.17, 15) is 0 Å². The Labute approximate surface area is 208 Å². The minimum absolute atomic E-state index is 0.723. The van der Waals surface area contributed by atoms with E-state index in [0.717, 1.165) is 71.5 Å². The van der Waals surface area contributed by atoms with Crippen LogP contribution < -0.4 is 4.90 Å². The summed E-state index contributed by atoms with van der Waals surface area (Å²) in [5.41, 5.74) is 5.15. The van der Waals surface area contributed by atoms with Gasteiger partial charge in [-0.1, -0.05) is 41.9 Å². The number of anilines is 1. The van der Waals surface area contributed by atoms with Gasteiger partial charge >= 0.3 is 0 Å². The summed E-state index contributed by atoms with van der Waals surface area (Å²) < 4.78 is 3.76. The van der Waals surface area contributed by atoms with Crippen molar-refractivity contribution in [3.63, 3.8) is 0 Å². The summed E-state index contributed by atoms with van der Waals surface area (Å²) in [5.74, 6) is 0.960. The molecule has 0 N–H and O–H groups in total. The third-order valence-electron chi connectivity index (χ3n) is 6.50. The summed E-state index contributed by atoms with van der Waals surface area (Å²) in [5, 5.41) is 11.0. The van der Waals surface area contributed by atoms with Crippen molar-refractivity contribution in [1.29, 1.82) is 0 Å². The molecular formula is C26H25ClN8. The molecule has 0 radical (unpaired) electrons. The van der Waals surface area contributed by atoms with Crippen LogP contribution in [0.5, 0.6) is 0 Å². The summed E-state index contributed by atoms with van der Waals surface area (Å²) >= 11 is 6.14. The lowest BCUT2D eigenvalue weighted by Gasteiger charge is -2.35. The lowest BCUT2D eigenvalue weighted by Crippen LogP contribution is -2.46. The lowest BCUT2D eigenvalue weighted by atomic mass is 10.1. The lowest BCUT2D eigenvalue weighted by molar-refractivity contribution is 0.250. The van der Waals surface area contributed by atoms with Gasteiger partial charge in [0.1, 0.15) is 12.1 Å². The second-order valence-corrected chi connectivity index (χ2v) is 9.19. The average Bonchev–Trinajstić information content (AvgIpc) is 3.49. The molecule has 176 valence electrons. The molecule has 1 aliphatic heterocycles. The number of nitrogens with zero attached hydrogens (tertiary/aromatic N) is 8. The van der Waals surface area contributed by atoms with E-state index in [1.807, 2.05) is 60.4 Å². The molecule has 4 heterocycles. The third-order valence-corrected chi connectivity index (χ3v) is 6.75. The van der Waals surface area contributed by atoms with E-state index in [-0.39, 0.29) is 0 Å². The second-order valence-electron chi connectivity index (χ2n) is 8.76. The molecule has 3 aromatic heterocycles. The first-order chi connectivity index (χ1) is 17.2. The number of aryl methyl sites for hydroxylation is 1. The van der Waals surface area contributed by atoms with Crippen LogP contribution in [0.25, 0.3) is 28.0 Å². The van der Waals surface area contributed by atoms with Gasteiger partial charge in [0, 0.05) is 62.1 Å². The van der Waals surface area contributed by atoms with Crippen LogP contribution in [0.1, 0.15) is 5.56 Å². The van der Waals surface area contributed by atoms with Crippen molar-refractivity contribution in [2.45, 2.75) is 6.54 Å². The molecule has 6 rings (SSSR count). The molecule has 0 saturated carbocycles. The minimum atomic E-state index is 0.723. The number of halogens is 1. The molecule has 0 amide bonds. The minimum Gasteiger partial charge on any atom is -0.353 e. The summed E-state index contributed by atoms with van der Waals surface area (Å²) in [6, 6.07) is 18.1. The van der Waals surface area contributed by atoms with E-state index in [1.165, 1.54) is 5.56 Å². The molecule has 35 heavy (non-hydrogen) atoms. The summed E-state index contributed by atoms with van der Waals surface area (Å²) in [6.07, 6.45) is 5.63. The SMILES string of the molecule is Cn1ncc2c(N3CCN(Cc4cn(-c5ccccc5)nc4-c4ccc(Cl)cc4)CC3)ncnc21. The Hall–Kier alpha value is -3.75. The van der Waals surface area contributed by atoms with Crippen LogP contribution in [-0.2, 0) is 13.6 Å². The number of hydrogen-bond donors (Lipinski definition) is 0. The summed E-state index contributed by atoms with van der Waals surface area (Å²) in [4.78, 5) is 13.7. The predicted octanol–water partition coefficient (Wildman–Crippen LogP) is 4.19. The van der Waals surface area contributed by atoms with Gasteiger partial charge < -0.3 is 4.90 Å². The highest BCUT2D eigenvalue weighted by molar-refractivity contribution is 6.30. The molecule has 9 heteroatoms. The van der Waals surface area contributed by atoms with Crippen LogP contribution >= 0.6 is 11.6 Å². The van der Waals surface area contributed by atoms with Gasteiger partial charge in [-0.15, -0.1) is 0 Å². The Morgan fingerprint density at radius 1 is 0.914 bits per heavy atom. The maximum Gasteiger partial charge on any atom is 0.163 e. The maximum absolute atomic E-state index is 6.14. The number of benzene rings is 2. The molecule has 1 aliphatic rings. The van der Waals surface area contributed by atoms with Crippen LogP contribution in [0.15, 0.2) is 73.3 Å². The summed E-state index contributed by atoms with van der Waals surface area (Å²) in [6.45, 7) is 4.48. The largest absolute Gasteiger partial charge is 0.353 e. The van der Waals surface area contributed by atoms with Gasteiger partial charge in [-0.3, -0.25) is 9.58 Å². The van der Waals surface area contributed by atoms with E-state index in [0.29, 0.717) is 0 Å². The summed E-state index contributed by atoms with van der Waals surface area (Å²) in [7, 11) is 1.91.